The second-order valence-corrected chi connectivity index (χ2v) is 7.45. The first-order valence-electron chi connectivity index (χ1n) is 9.67. The summed E-state index contributed by atoms with van der Waals surface area (Å²) in [7, 11) is 0. The number of piperidine rings is 1. The Morgan fingerprint density at radius 3 is 2.75 bits per heavy atom. The van der Waals surface area contributed by atoms with Crippen LogP contribution in [-0.2, 0) is 0 Å². The van der Waals surface area contributed by atoms with Crippen LogP contribution in [0.15, 0.2) is 49.4 Å². The molecule has 144 valence electrons. The van der Waals surface area contributed by atoms with Crippen molar-refractivity contribution >= 4 is 5.91 Å². The molecule has 3 aromatic heterocycles. The average molecular weight is 376 g/mol. The van der Waals surface area contributed by atoms with Crippen molar-refractivity contribution in [3.05, 3.63) is 60.7 Å². The van der Waals surface area contributed by atoms with Gasteiger partial charge in [-0.15, -0.1) is 0 Å². The van der Waals surface area contributed by atoms with Crippen LogP contribution in [0.4, 0.5) is 0 Å². The molecule has 0 unspecified atom stereocenters. The van der Waals surface area contributed by atoms with E-state index >= 15 is 0 Å². The fourth-order valence-electron chi connectivity index (χ4n) is 3.72. The van der Waals surface area contributed by atoms with Crippen LogP contribution in [0.3, 0.4) is 0 Å². The third-order valence-corrected chi connectivity index (χ3v) is 5.21. The molecule has 0 radical (unpaired) electrons. The monoisotopic (exact) mass is 376 g/mol. The summed E-state index contributed by atoms with van der Waals surface area (Å²) in [6.07, 6.45) is 12.4. The van der Waals surface area contributed by atoms with Crippen molar-refractivity contribution in [1.29, 1.82) is 0 Å². The molecular formula is C21H24N6O. The lowest BCUT2D eigenvalue weighted by Gasteiger charge is -2.33. The van der Waals surface area contributed by atoms with Gasteiger partial charge in [0.15, 0.2) is 0 Å². The van der Waals surface area contributed by atoms with Crippen molar-refractivity contribution in [2.24, 2.45) is 0 Å². The average Bonchev–Trinajstić information content (AvgIpc) is 3.25. The van der Waals surface area contributed by atoms with E-state index in [1.807, 2.05) is 48.0 Å². The number of hydrogen-bond donors (Lipinski definition) is 0. The van der Waals surface area contributed by atoms with Gasteiger partial charge in [-0.05, 0) is 44.4 Å². The molecule has 0 bridgehead atoms. The first-order chi connectivity index (χ1) is 13.6. The van der Waals surface area contributed by atoms with Gasteiger partial charge in [-0.1, -0.05) is 0 Å². The molecule has 1 aliphatic rings. The van der Waals surface area contributed by atoms with E-state index in [0.717, 1.165) is 36.2 Å². The summed E-state index contributed by atoms with van der Waals surface area (Å²) < 4.78 is 1.82. The molecule has 0 spiro atoms. The van der Waals surface area contributed by atoms with Crippen LogP contribution in [0.25, 0.3) is 11.1 Å². The van der Waals surface area contributed by atoms with Gasteiger partial charge in [-0.2, -0.15) is 5.10 Å². The number of hydrogen-bond acceptors (Lipinski definition) is 5. The molecule has 0 aromatic carbocycles. The van der Waals surface area contributed by atoms with Gasteiger partial charge in [0.1, 0.15) is 6.33 Å². The van der Waals surface area contributed by atoms with Crippen LogP contribution in [0.1, 0.15) is 54.7 Å². The zero-order chi connectivity index (χ0) is 19.5. The molecule has 3 aromatic rings. The maximum Gasteiger partial charge on any atom is 0.257 e. The van der Waals surface area contributed by atoms with Crippen LogP contribution in [0.5, 0.6) is 0 Å². The quantitative estimate of drug-likeness (QED) is 0.698. The Morgan fingerprint density at radius 2 is 2.00 bits per heavy atom. The van der Waals surface area contributed by atoms with Gasteiger partial charge in [0.25, 0.3) is 5.91 Å². The van der Waals surface area contributed by atoms with Gasteiger partial charge >= 0.3 is 0 Å². The second kappa shape index (κ2) is 7.88. The maximum absolute atomic E-state index is 13.0. The van der Waals surface area contributed by atoms with Crippen molar-refractivity contribution in [3.8, 4) is 11.1 Å². The van der Waals surface area contributed by atoms with Gasteiger partial charge in [-0.3, -0.25) is 14.5 Å². The summed E-state index contributed by atoms with van der Waals surface area (Å²) in [5, 5.41) is 4.31. The summed E-state index contributed by atoms with van der Waals surface area (Å²) in [6, 6.07) is 4.17. The molecule has 1 amide bonds. The Hall–Kier alpha value is -3.09. The highest BCUT2D eigenvalue weighted by molar-refractivity contribution is 5.93. The predicted molar refractivity (Wildman–Crippen MR) is 106 cm³/mol. The summed E-state index contributed by atoms with van der Waals surface area (Å²) in [5.41, 5.74) is 3.70. The number of nitrogens with zero attached hydrogens (tertiary/aromatic N) is 6. The Morgan fingerprint density at radius 1 is 1.18 bits per heavy atom. The van der Waals surface area contributed by atoms with E-state index in [1.54, 1.807) is 24.9 Å². The minimum atomic E-state index is 0.0381. The molecule has 1 saturated heterocycles. The van der Waals surface area contributed by atoms with Gasteiger partial charge in [0.05, 0.1) is 17.5 Å². The van der Waals surface area contributed by atoms with Gasteiger partial charge in [0, 0.05) is 55.4 Å². The Bertz CT molecular complexity index is 952. The molecule has 7 heteroatoms. The van der Waals surface area contributed by atoms with Crippen molar-refractivity contribution in [1.82, 2.24) is 29.6 Å². The third-order valence-electron chi connectivity index (χ3n) is 5.21. The molecule has 4 heterocycles. The zero-order valence-corrected chi connectivity index (χ0v) is 16.2. The standard InChI is InChI=1S/C21H24N6O/c1-15(2)27-13-18(10-25-27)21(28)26-9-3-4-17(12-26)20-19(11-23-14-24-20)16-5-7-22-8-6-16/h5-8,10-11,13-15,17H,3-4,9,12H2,1-2H3/t17-/m0/s1. The summed E-state index contributed by atoms with van der Waals surface area (Å²) >= 11 is 0. The third kappa shape index (κ3) is 3.65. The molecule has 28 heavy (non-hydrogen) atoms. The molecular weight excluding hydrogens is 352 g/mol. The normalized spacial score (nSPS) is 17.1. The highest BCUT2D eigenvalue weighted by Crippen LogP contribution is 2.32. The van der Waals surface area contributed by atoms with Gasteiger partial charge < -0.3 is 4.90 Å². The van der Waals surface area contributed by atoms with Crippen LogP contribution in [0, 0.1) is 0 Å². The van der Waals surface area contributed by atoms with Crippen LogP contribution < -0.4 is 0 Å². The highest BCUT2D eigenvalue weighted by Gasteiger charge is 2.28. The number of carbonyl (C=O) groups is 1. The van der Waals surface area contributed by atoms with E-state index < -0.39 is 0 Å². The maximum atomic E-state index is 13.0. The van der Waals surface area contributed by atoms with Gasteiger partial charge in [0.2, 0.25) is 0 Å². The molecule has 1 fully saturated rings. The van der Waals surface area contributed by atoms with Crippen LogP contribution in [0.2, 0.25) is 0 Å². The smallest absolute Gasteiger partial charge is 0.257 e. The molecule has 7 nitrogen and oxygen atoms in total. The molecule has 0 saturated carbocycles. The van der Waals surface area contributed by atoms with Crippen molar-refractivity contribution in [2.75, 3.05) is 13.1 Å². The Labute approximate surface area is 164 Å². The highest BCUT2D eigenvalue weighted by atomic mass is 16.2. The molecule has 0 aliphatic carbocycles. The largest absolute Gasteiger partial charge is 0.338 e. The predicted octanol–water partition coefficient (Wildman–Crippen LogP) is 3.34. The molecule has 4 rings (SSSR count). The van der Waals surface area contributed by atoms with Crippen LogP contribution >= 0.6 is 0 Å². The number of pyridine rings is 1. The second-order valence-electron chi connectivity index (χ2n) is 7.45. The minimum absolute atomic E-state index is 0.0381. The van der Waals surface area contributed by atoms with E-state index in [9.17, 15) is 4.79 Å². The Balaban J connectivity index is 1.57. The summed E-state index contributed by atoms with van der Waals surface area (Å²) in [4.78, 5) is 27.8. The molecule has 1 atom stereocenters. The van der Waals surface area contributed by atoms with E-state index in [1.165, 1.54) is 0 Å². The summed E-state index contributed by atoms with van der Waals surface area (Å²) in [5.74, 6) is 0.222. The van der Waals surface area contributed by atoms with Crippen molar-refractivity contribution in [3.63, 3.8) is 0 Å². The first-order valence-corrected chi connectivity index (χ1v) is 9.67. The van der Waals surface area contributed by atoms with E-state index in [4.69, 9.17) is 0 Å². The zero-order valence-electron chi connectivity index (χ0n) is 16.2. The lowest BCUT2D eigenvalue weighted by atomic mass is 9.90. The Kier molecular flexibility index (Phi) is 5.14. The number of rotatable bonds is 4. The lowest BCUT2D eigenvalue weighted by Crippen LogP contribution is -2.39. The number of amides is 1. The number of carbonyl (C=O) groups excluding carboxylic acids is 1. The van der Waals surface area contributed by atoms with Crippen molar-refractivity contribution in [2.45, 2.75) is 38.6 Å². The van der Waals surface area contributed by atoms with E-state index in [2.05, 4.69) is 20.1 Å². The van der Waals surface area contributed by atoms with E-state index in [-0.39, 0.29) is 17.9 Å². The fraction of sp³-hybridized carbons (Fsp3) is 0.381. The van der Waals surface area contributed by atoms with Crippen molar-refractivity contribution < 1.29 is 4.79 Å². The fourth-order valence-corrected chi connectivity index (χ4v) is 3.72. The molecule has 0 N–H and O–H groups in total. The van der Waals surface area contributed by atoms with E-state index in [0.29, 0.717) is 12.1 Å². The number of likely N-dealkylation sites (tertiary alicyclic amines) is 1. The number of aromatic nitrogens is 5. The minimum Gasteiger partial charge on any atom is -0.338 e. The SMILES string of the molecule is CC(C)n1cc(C(=O)N2CCC[C@H](c3ncncc3-c3ccncc3)C2)cn1. The van der Waals surface area contributed by atoms with Crippen LogP contribution in [-0.4, -0.2) is 48.6 Å². The summed E-state index contributed by atoms with van der Waals surface area (Å²) in [6.45, 7) is 5.51. The lowest BCUT2D eigenvalue weighted by molar-refractivity contribution is 0.0706. The topological polar surface area (TPSA) is 76.8 Å². The first kappa shape index (κ1) is 18.3. The van der Waals surface area contributed by atoms with Gasteiger partial charge in [-0.25, -0.2) is 9.97 Å². The molecule has 1 aliphatic heterocycles.